The molecule has 0 heterocycles. The summed E-state index contributed by atoms with van der Waals surface area (Å²) in [6, 6.07) is 7.20. The number of anilines is 1. The Morgan fingerprint density at radius 2 is 2.00 bits per heavy atom. The molecular weight excluding hydrogens is 216 g/mol. The van der Waals surface area contributed by atoms with E-state index in [1.807, 2.05) is 12.1 Å². The van der Waals surface area contributed by atoms with Crippen molar-refractivity contribution >= 4 is 40.5 Å². The van der Waals surface area contributed by atoms with Gasteiger partial charge in [0.1, 0.15) is 0 Å². The first-order chi connectivity index (χ1) is 5.47. The molecule has 0 amide bonds. The van der Waals surface area contributed by atoms with Crippen LogP contribution in [0, 0.1) is 0 Å². The van der Waals surface area contributed by atoms with Gasteiger partial charge in [0.2, 0.25) is 0 Å². The van der Waals surface area contributed by atoms with Crippen molar-refractivity contribution in [3.8, 4) is 0 Å². The number of rotatable bonds is 2. The summed E-state index contributed by atoms with van der Waals surface area (Å²) < 4.78 is -0.968. The highest BCUT2D eigenvalue weighted by molar-refractivity contribution is 6.49. The number of hydrogen-bond acceptors (Lipinski definition) is 1. The maximum atomic E-state index is 5.75. The molecular formula is C8H8Cl3N. The van der Waals surface area contributed by atoms with E-state index in [1.54, 1.807) is 19.1 Å². The predicted molar refractivity (Wildman–Crippen MR) is 55.2 cm³/mol. The van der Waals surface area contributed by atoms with Crippen LogP contribution in [0.15, 0.2) is 24.3 Å². The zero-order chi connectivity index (χ0) is 9.19. The lowest BCUT2D eigenvalue weighted by Gasteiger charge is -2.16. The minimum absolute atomic E-state index is 0.651. The van der Waals surface area contributed by atoms with Gasteiger partial charge >= 0.3 is 0 Å². The fraction of sp³-hybridized carbons (Fsp3) is 0.250. The van der Waals surface area contributed by atoms with Crippen LogP contribution >= 0.6 is 34.8 Å². The van der Waals surface area contributed by atoms with Gasteiger partial charge in [0.15, 0.2) is 4.46 Å². The molecule has 0 aliphatic rings. The highest BCUT2D eigenvalue weighted by atomic mass is 35.5. The average molecular weight is 225 g/mol. The molecule has 0 atom stereocenters. The van der Waals surface area contributed by atoms with E-state index in [0.29, 0.717) is 5.02 Å². The maximum absolute atomic E-state index is 5.75. The third-order valence-corrected chi connectivity index (χ3v) is 1.61. The van der Waals surface area contributed by atoms with Crippen LogP contribution in [0.3, 0.4) is 0 Å². The standard InChI is InChI=1S/C8H8Cl3N/c1-8(10,11)12-7-4-2-3-6(9)5-7/h2-5,12H,1H3. The van der Waals surface area contributed by atoms with Crippen LogP contribution in [0.4, 0.5) is 5.69 Å². The van der Waals surface area contributed by atoms with E-state index in [1.165, 1.54) is 0 Å². The number of hydrogen-bond donors (Lipinski definition) is 1. The Bertz CT molecular complexity index is 267. The molecule has 66 valence electrons. The number of benzene rings is 1. The second-order valence-corrected chi connectivity index (χ2v) is 4.67. The lowest BCUT2D eigenvalue weighted by molar-refractivity contribution is 1.01. The van der Waals surface area contributed by atoms with Crippen LogP contribution in [0.1, 0.15) is 6.92 Å². The maximum Gasteiger partial charge on any atom is 0.185 e. The summed E-state index contributed by atoms with van der Waals surface area (Å²) in [5.74, 6) is 0. The molecule has 0 saturated heterocycles. The summed E-state index contributed by atoms with van der Waals surface area (Å²) in [6.07, 6.45) is 0. The zero-order valence-electron chi connectivity index (χ0n) is 6.44. The fourth-order valence-corrected chi connectivity index (χ4v) is 1.23. The van der Waals surface area contributed by atoms with Crippen LogP contribution < -0.4 is 5.32 Å². The molecule has 0 spiro atoms. The van der Waals surface area contributed by atoms with Crippen LogP contribution in [0.5, 0.6) is 0 Å². The van der Waals surface area contributed by atoms with Crippen LogP contribution in [-0.4, -0.2) is 4.46 Å². The second-order valence-electron chi connectivity index (χ2n) is 2.52. The van der Waals surface area contributed by atoms with E-state index in [4.69, 9.17) is 34.8 Å². The molecule has 0 fully saturated rings. The number of nitrogens with one attached hydrogen (secondary N) is 1. The summed E-state index contributed by atoms with van der Waals surface area (Å²) in [5.41, 5.74) is 0.801. The highest BCUT2D eigenvalue weighted by Crippen LogP contribution is 2.24. The van der Waals surface area contributed by atoms with Gasteiger partial charge in [0, 0.05) is 10.7 Å². The number of alkyl halides is 2. The van der Waals surface area contributed by atoms with E-state index in [-0.39, 0.29) is 0 Å². The Kier molecular flexibility index (Phi) is 3.10. The predicted octanol–water partition coefficient (Wildman–Crippen LogP) is 3.90. The van der Waals surface area contributed by atoms with Crippen molar-refractivity contribution in [2.24, 2.45) is 0 Å². The molecule has 1 aromatic rings. The summed E-state index contributed by atoms with van der Waals surface area (Å²) in [6.45, 7) is 1.65. The van der Waals surface area contributed by atoms with Crippen molar-refractivity contribution in [1.82, 2.24) is 0 Å². The van der Waals surface area contributed by atoms with Gasteiger partial charge in [-0.25, -0.2) is 0 Å². The molecule has 1 rings (SSSR count). The monoisotopic (exact) mass is 223 g/mol. The molecule has 0 aliphatic carbocycles. The highest BCUT2D eigenvalue weighted by Gasteiger charge is 2.14. The van der Waals surface area contributed by atoms with Crippen molar-refractivity contribution in [3.63, 3.8) is 0 Å². The van der Waals surface area contributed by atoms with Gasteiger partial charge in [0.05, 0.1) is 0 Å². The quantitative estimate of drug-likeness (QED) is 0.593. The summed E-state index contributed by atoms with van der Waals surface area (Å²) in [5, 5.41) is 3.52. The van der Waals surface area contributed by atoms with Crippen molar-refractivity contribution in [2.75, 3.05) is 5.32 Å². The Hall–Kier alpha value is -0.110. The Morgan fingerprint density at radius 1 is 1.33 bits per heavy atom. The van der Waals surface area contributed by atoms with Gasteiger partial charge in [-0.05, 0) is 25.1 Å². The van der Waals surface area contributed by atoms with Gasteiger partial charge in [-0.1, -0.05) is 40.9 Å². The van der Waals surface area contributed by atoms with Gasteiger partial charge in [-0.2, -0.15) is 0 Å². The van der Waals surface area contributed by atoms with E-state index < -0.39 is 4.46 Å². The van der Waals surface area contributed by atoms with Crippen LogP contribution in [0.2, 0.25) is 5.02 Å². The molecule has 1 aromatic carbocycles. The Morgan fingerprint density at radius 3 is 2.50 bits per heavy atom. The molecule has 0 saturated carbocycles. The van der Waals surface area contributed by atoms with Crippen LogP contribution in [0.25, 0.3) is 0 Å². The van der Waals surface area contributed by atoms with Gasteiger partial charge in [-0.15, -0.1) is 0 Å². The van der Waals surface area contributed by atoms with E-state index in [9.17, 15) is 0 Å². The largest absolute Gasteiger partial charge is 0.355 e. The van der Waals surface area contributed by atoms with Crippen molar-refractivity contribution < 1.29 is 0 Å². The lowest BCUT2D eigenvalue weighted by atomic mass is 10.3. The summed E-state index contributed by atoms with van der Waals surface area (Å²) >= 11 is 17.2. The van der Waals surface area contributed by atoms with E-state index in [2.05, 4.69) is 5.32 Å². The average Bonchev–Trinajstić information content (AvgIpc) is 1.82. The first kappa shape index (κ1) is 9.97. The topological polar surface area (TPSA) is 12.0 Å². The molecule has 4 heteroatoms. The van der Waals surface area contributed by atoms with Gasteiger partial charge in [-0.3, -0.25) is 0 Å². The molecule has 0 aliphatic heterocycles. The number of halogens is 3. The zero-order valence-corrected chi connectivity index (χ0v) is 8.71. The third-order valence-electron chi connectivity index (χ3n) is 1.19. The molecule has 1 N–H and O–H groups in total. The molecule has 0 bridgehead atoms. The molecule has 0 aromatic heterocycles. The van der Waals surface area contributed by atoms with Crippen molar-refractivity contribution in [1.29, 1.82) is 0 Å². The van der Waals surface area contributed by atoms with Gasteiger partial charge < -0.3 is 5.32 Å². The Labute approximate surface area is 86.6 Å². The van der Waals surface area contributed by atoms with Crippen LogP contribution in [-0.2, 0) is 0 Å². The smallest absolute Gasteiger partial charge is 0.185 e. The third kappa shape index (κ3) is 3.53. The van der Waals surface area contributed by atoms with E-state index >= 15 is 0 Å². The molecule has 0 unspecified atom stereocenters. The minimum atomic E-state index is -0.968. The minimum Gasteiger partial charge on any atom is -0.355 e. The first-order valence-corrected chi connectivity index (χ1v) is 4.52. The normalized spacial score (nSPS) is 11.3. The van der Waals surface area contributed by atoms with Crippen molar-refractivity contribution in [2.45, 2.75) is 11.4 Å². The molecule has 1 nitrogen and oxygen atoms in total. The Balaban J connectivity index is 2.77. The SMILES string of the molecule is CC(Cl)(Cl)Nc1cccc(Cl)c1. The second kappa shape index (κ2) is 3.73. The lowest BCUT2D eigenvalue weighted by Crippen LogP contribution is -2.19. The molecule has 0 radical (unpaired) electrons. The summed E-state index contributed by atoms with van der Waals surface area (Å²) in [4.78, 5) is 0. The summed E-state index contributed by atoms with van der Waals surface area (Å²) in [7, 11) is 0. The van der Waals surface area contributed by atoms with Gasteiger partial charge in [0.25, 0.3) is 0 Å². The van der Waals surface area contributed by atoms with Crippen molar-refractivity contribution in [3.05, 3.63) is 29.3 Å². The molecule has 12 heavy (non-hydrogen) atoms. The first-order valence-electron chi connectivity index (χ1n) is 3.39. The fourth-order valence-electron chi connectivity index (χ4n) is 0.820. The van der Waals surface area contributed by atoms with E-state index in [0.717, 1.165) is 5.69 Å².